The van der Waals surface area contributed by atoms with E-state index in [1.807, 2.05) is 0 Å². The average Bonchev–Trinajstić information content (AvgIpc) is 2.45. The molecule has 0 spiro atoms. The van der Waals surface area contributed by atoms with Gasteiger partial charge in [0.1, 0.15) is 0 Å². The zero-order valence-corrected chi connectivity index (χ0v) is 12.4. The molecule has 0 saturated carbocycles. The van der Waals surface area contributed by atoms with Crippen molar-refractivity contribution in [2.75, 3.05) is 32.8 Å². The van der Waals surface area contributed by atoms with Crippen molar-refractivity contribution in [1.82, 2.24) is 10.2 Å². The van der Waals surface area contributed by atoms with Gasteiger partial charge in [0, 0.05) is 43.7 Å². The molecule has 0 bridgehead atoms. The highest BCUT2D eigenvalue weighted by molar-refractivity contribution is 8.00. The van der Waals surface area contributed by atoms with Crippen LogP contribution in [0, 0.1) is 0 Å². The third kappa shape index (κ3) is 5.18. The summed E-state index contributed by atoms with van der Waals surface area (Å²) in [6.07, 6.45) is 0.589. The van der Waals surface area contributed by atoms with Crippen molar-refractivity contribution >= 4 is 11.8 Å². The Morgan fingerprint density at radius 1 is 1.19 bits per heavy atom. The number of alkyl halides is 3. The number of halogens is 3. The second-order valence-electron chi connectivity index (χ2n) is 4.93. The van der Waals surface area contributed by atoms with Gasteiger partial charge >= 0.3 is 5.51 Å². The topological polar surface area (TPSA) is 35.5 Å². The first kappa shape index (κ1) is 16.6. The molecule has 2 rings (SSSR count). The van der Waals surface area contributed by atoms with E-state index < -0.39 is 5.51 Å². The number of rotatable bonds is 5. The number of nitrogens with zero attached hydrogens (tertiary/aromatic N) is 1. The summed E-state index contributed by atoms with van der Waals surface area (Å²) in [5, 5.41) is 12.5. The zero-order chi connectivity index (χ0) is 15.3. The third-order valence-corrected chi connectivity index (χ3v) is 4.23. The van der Waals surface area contributed by atoms with Gasteiger partial charge in [-0.25, -0.2) is 0 Å². The van der Waals surface area contributed by atoms with Crippen molar-refractivity contribution in [3.05, 3.63) is 29.8 Å². The van der Waals surface area contributed by atoms with E-state index in [1.165, 1.54) is 12.1 Å². The van der Waals surface area contributed by atoms with Gasteiger partial charge in [-0.15, -0.1) is 0 Å². The molecule has 0 radical (unpaired) electrons. The number of benzene rings is 1. The molecule has 2 N–H and O–H groups in total. The van der Waals surface area contributed by atoms with Crippen LogP contribution >= 0.6 is 11.8 Å². The number of nitrogens with one attached hydrogen (secondary N) is 1. The minimum atomic E-state index is -4.26. The molecule has 1 aliphatic rings. The Morgan fingerprint density at radius 3 is 2.33 bits per heavy atom. The van der Waals surface area contributed by atoms with Crippen molar-refractivity contribution in [3.63, 3.8) is 0 Å². The van der Waals surface area contributed by atoms with Crippen molar-refractivity contribution in [2.24, 2.45) is 0 Å². The molecule has 1 aliphatic heterocycles. The fraction of sp³-hybridized carbons (Fsp3) is 0.571. The van der Waals surface area contributed by atoms with E-state index in [1.54, 1.807) is 12.1 Å². The molecule has 1 aromatic carbocycles. The largest absolute Gasteiger partial charge is 0.446 e. The molecule has 1 atom stereocenters. The van der Waals surface area contributed by atoms with Gasteiger partial charge in [0.05, 0.1) is 0 Å². The van der Waals surface area contributed by atoms with Crippen molar-refractivity contribution in [1.29, 1.82) is 0 Å². The summed E-state index contributed by atoms with van der Waals surface area (Å²) in [6, 6.07) is 6.52. The van der Waals surface area contributed by atoms with Gasteiger partial charge in [0.2, 0.25) is 0 Å². The molecule has 0 aromatic heterocycles. The van der Waals surface area contributed by atoms with Crippen LogP contribution in [0.25, 0.3) is 0 Å². The number of thioether (sulfide) groups is 1. The van der Waals surface area contributed by atoms with Gasteiger partial charge in [-0.2, -0.15) is 13.2 Å². The molecule has 1 saturated heterocycles. The monoisotopic (exact) mass is 320 g/mol. The Balaban J connectivity index is 2.09. The molecular formula is C14H19F3N2OS. The number of hydrogen-bond acceptors (Lipinski definition) is 4. The molecule has 0 unspecified atom stereocenters. The van der Waals surface area contributed by atoms with Crippen molar-refractivity contribution in [3.8, 4) is 0 Å². The zero-order valence-electron chi connectivity index (χ0n) is 11.6. The van der Waals surface area contributed by atoms with E-state index in [2.05, 4.69) is 10.2 Å². The van der Waals surface area contributed by atoms with Crippen LogP contribution in [0.1, 0.15) is 18.0 Å². The summed E-state index contributed by atoms with van der Waals surface area (Å²) in [5.74, 6) is 0. The lowest BCUT2D eigenvalue weighted by Gasteiger charge is -2.35. The Bertz CT molecular complexity index is 433. The molecule has 0 aliphatic carbocycles. The molecule has 118 valence electrons. The SMILES string of the molecule is OCC[C@@H](c1ccc(SC(F)(F)F)cc1)N1CCNCC1. The highest BCUT2D eigenvalue weighted by Gasteiger charge is 2.29. The fourth-order valence-corrected chi connectivity index (χ4v) is 3.11. The van der Waals surface area contributed by atoms with E-state index in [4.69, 9.17) is 0 Å². The molecule has 7 heteroatoms. The number of aliphatic hydroxyl groups excluding tert-OH is 1. The van der Waals surface area contributed by atoms with E-state index in [0.29, 0.717) is 6.42 Å². The van der Waals surface area contributed by atoms with Crippen LogP contribution < -0.4 is 5.32 Å². The van der Waals surface area contributed by atoms with E-state index in [9.17, 15) is 18.3 Å². The van der Waals surface area contributed by atoms with Crippen LogP contribution in [-0.4, -0.2) is 48.3 Å². The van der Waals surface area contributed by atoms with Gasteiger partial charge in [0.15, 0.2) is 0 Å². The maximum atomic E-state index is 12.3. The van der Waals surface area contributed by atoms with Gasteiger partial charge in [-0.3, -0.25) is 4.90 Å². The first-order valence-corrected chi connectivity index (χ1v) is 7.72. The fourth-order valence-electron chi connectivity index (χ4n) is 2.57. The van der Waals surface area contributed by atoms with Crippen molar-refractivity contribution < 1.29 is 18.3 Å². The van der Waals surface area contributed by atoms with Gasteiger partial charge in [-0.05, 0) is 35.9 Å². The first-order valence-electron chi connectivity index (χ1n) is 6.91. The summed E-state index contributed by atoms with van der Waals surface area (Å²) in [7, 11) is 0. The second-order valence-corrected chi connectivity index (χ2v) is 6.07. The molecule has 1 aromatic rings. The van der Waals surface area contributed by atoms with Crippen LogP contribution in [0.3, 0.4) is 0 Å². The Hall–Kier alpha value is -0.760. The van der Waals surface area contributed by atoms with Gasteiger partial charge in [0.25, 0.3) is 0 Å². The van der Waals surface area contributed by atoms with Crippen LogP contribution in [0.4, 0.5) is 13.2 Å². The van der Waals surface area contributed by atoms with Crippen LogP contribution in [0.15, 0.2) is 29.2 Å². The maximum absolute atomic E-state index is 12.3. The van der Waals surface area contributed by atoms with Crippen LogP contribution in [0.5, 0.6) is 0 Å². The molecule has 3 nitrogen and oxygen atoms in total. The van der Waals surface area contributed by atoms with Crippen LogP contribution in [0.2, 0.25) is 0 Å². The molecule has 21 heavy (non-hydrogen) atoms. The molecule has 1 heterocycles. The molecular weight excluding hydrogens is 301 g/mol. The van der Waals surface area contributed by atoms with Crippen molar-refractivity contribution in [2.45, 2.75) is 22.9 Å². The third-order valence-electron chi connectivity index (χ3n) is 3.49. The minimum absolute atomic E-state index is 0.0574. The lowest BCUT2D eigenvalue weighted by atomic mass is 10.0. The smallest absolute Gasteiger partial charge is 0.396 e. The summed E-state index contributed by atoms with van der Waals surface area (Å²) >= 11 is -0.103. The average molecular weight is 320 g/mol. The van der Waals surface area contributed by atoms with Crippen LogP contribution in [-0.2, 0) is 0 Å². The molecule has 0 amide bonds. The summed E-state index contributed by atoms with van der Waals surface area (Å²) in [4.78, 5) is 2.45. The van der Waals surface area contributed by atoms with E-state index in [0.717, 1.165) is 31.7 Å². The maximum Gasteiger partial charge on any atom is 0.446 e. The Morgan fingerprint density at radius 2 is 1.81 bits per heavy atom. The Labute approximate surface area is 126 Å². The lowest BCUT2D eigenvalue weighted by molar-refractivity contribution is -0.0328. The van der Waals surface area contributed by atoms with E-state index >= 15 is 0 Å². The number of aliphatic hydroxyl groups is 1. The first-order chi connectivity index (χ1) is 9.99. The van der Waals surface area contributed by atoms with E-state index in [-0.39, 0.29) is 29.3 Å². The molecule has 1 fully saturated rings. The number of piperazine rings is 1. The van der Waals surface area contributed by atoms with Gasteiger partial charge < -0.3 is 10.4 Å². The predicted octanol–water partition coefficient (Wildman–Crippen LogP) is 2.63. The highest BCUT2D eigenvalue weighted by Crippen LogP contribution is 2.37. The highest BCUT2D eigenvalue weighted by atomic mass is 32.2. The summed E-state index contributed by atoms with van der Waals surface area (Å²) in [6.45, 7) is 3.61. The lowest BCUT2D eigenvalue weighted by Crippen LogP contribution is -2.45. The normalized spacial score (nSPS) is 18.7. The predicted molar refractivity (Wildman–Crippen MR) is 77.2 cm³/mol. The second kappa shape index (κ2) is 7.49. The standard InChI is InChI=1S/C14H19F3N2OS/c15-14(16,17)21-12-3-1-11(2-4-12)13(5-10-20)19-8-6-18-7-9-19/h1-4,13,18,20H,5-10H2/t13-/m0/s1. The minimum Gasteiger partial charge on any atom is -0.396 e. The summed E-state index contributed by atoms with van der Waals surface area (Å²) in [5.41, 5.74) is -3.30. The summed E-state index contributed by atoms with van der Waals surface area (Å²) < 4.78 is 37.0. The van der Waals surface area contributed by atoms with Gasteiger partial charge in [-0.1, -0.05) is 12.1 Å². The quantitative estimate of drug-likeness (QED) is 0.818. The number of hydrogen-bond donors (Lipinski definition) is 2. The Kier molecular flexibility index (Phi) is 5.92.